The van der Waals surface area contributed by atoms with E-state index in [1.165, 1.54) is 36.4 Å². The second-order valence-corrected chi connectivity index (χ2v) is 11.2. The van der Waals surface area contributed by atoms with E-state index in [1.807, 2.05) is 18.2 Å². The summed E-state index contributed by atoms with van der Waals surface area (Å²) < 4.78 is 25.9. The van der Waals surface area contributed by atoms with Crippen molar-refractivity contribution in [2.75, 3.05) is 4.90 Å². The van der Waals surface area contributed by atoms with E-state index in [0.29, 0.717) is 22.4 Å². The lowest BCUT2D eigenvalue weighted by atomic mass is 9.77. The highest BCUT2D eigenvalue weighted by Crippen LogP contribution is 2.49. The molecule has 1 amide bonds. The number of aromatic hydroxyl groups is 1. The summed E-state index contributed by atoms with van der Waals surface area (Å²) in [5, 5.41) is 21.6. The van der Waals surface area contributed by atoms with Crippen molar-refractivity contribution in [1.82, 2.24) is 0 Å². The predicted molar refractivity (Wildman–Crippen MR) is 146 cm³/mol. The molecule has 7 nitrogen and oxygen atoms in total. The van der Waals surface area contributed by atoms with Crippen molar-refractivity contribution in [3.05, 3.63) is 114 Å². The summed E-state index contributed by atoms with van der Waals surface area (Å²) in [6.07, 6.45) is -0.652. The van der Waals surface area contributed by atoms with Crippen LogP contribution in [-0.4, -0.2) is 25.9 Å². The van der Waals surface area contributed by atoms with E-state index in [9.17, 15) is 33.7 Å². The number of benzene rings is 4. The van der Waals surface area contributed by atoms with Crippen LogP contribution >= 0.6 is 7.60 Å². The highest BCUT2D eigenvalue weighted by molar-refractivity contribution is 7.60. The molecule has 4 N–H and O–H groups in total. The predicted octanol–water partition coefficient (Wildman–Crippen LogP) is 5.22. The van der Waals surface area contributed by atoms with Crippen molar-refractivity contribution < 1.29 is 33.7 Å². The number of β-lactam (4-membered cyclic amide) rings is 1. The van der Waals surface area contributed by atoms with Gasteiger partial charge in [-0.3, -0.25) is 9.36 Å². The molecule has 1 heterocycles. The molecule has 0 radical (unpaired) electrons. The number of hydrogen-bond donors (Lipinski definition) is 4. The fourth-order valence-corrected chi connectivity index (χ4v) is 5.73. The molecule has 1 aliphatic rings. The zero-order valence-electron chi connectivity index (χ0n) is 20.8. The van der Waals surface area contributed by atoms with Crippen molar-refractivity contribution in [3.63, 3.8) is 0 Å². The fourth-order valence-electron chi connectivity index (χ4n) is 5.14. The first-order valence-electron chi connectivity index (χ1n) is 12.4. The Kier molecular flexibility index (Phi) is 7.38. The van der Waals surface area contributed by atoms with Gasteiger partial charge in [0.15, 0.2) is 0 Å². The minimum atomic E-state index is -4.45. The second kappa shape index (κ2) is 10.8. The molecule has 1 saturated heterocycles. The Balaban J connectivity index is 1.45. The van der Waals surface area contributed by atoms with E-state index >= 15 is 0 Å². The normalized spacial score (nSPS) is 18.1. The fraction of sp³-hybridized carbons (Fsp3) is 0.167. The highest BCUT2D eigenvalue weighted by atomic mass is 31.2. The van der Waals surface area contributed by atoms with Crippen LogP contribution in [0.15, 0.2) is 97.1 Å². The second-order valence-electron chi connectivity index (χ2n) is 9.58. The molecule has 1 aliphatic heterocycles. The van der Waals surface area contributed by atoms with Crippen LogP contribution in [0.25, 0.3) is 11.1 Å². The smallest absolute Gasteiger partial charge is 0.356 e. The van der Waals surface area contributed by atoms with Crippen LogP contribution in [0, 0.1) is 11.7 Å². The van der Waals surface area contributed by atoms with Gasteiger partial charge in [0.1, 0.15) is 11.6 Å². The number of nitrogens with zero attached hydrogens (tertiary/aromatic N) is 1. The van der Waals surface area contributed by atoms with Gasteiger partial charge in [-0.15, -0.1) is 0 Å². The lowest BCUT2D eigenvalue weighted by Gasteiger charge is -2.48. The molecular weight excluding hydrogens is 520 g/mol. The molecule has 0 spiro atoms. The number of phenolic OH excluding ortho intramolecular Hbond substituents is 1. The molecule has 5 rings (SSSR count). The summed E-state index contributed by atoms with van der Waals surface area (Å²) in [5.41, 5.74) is 2.40. The monoisotopic (exact) mass is 547 g/mol. The molecule has 0 saturated carbocycles. The number of anilines is 1. The van der Waals surface area contributed by atoms with Gasteiger partial charge in [-0.05, 0) is 60.4 Å². The number of carbonyl (C=O) groups is 1. The molecule has 3 atom stereocenters. The first kappa shape index (κ1) is 26.8. The van der Waals surface area contributed by atoms with E-state index in [2.05, 4.69) is 0 Å². The molecule has 39 heavy (non-hydrogen) atoms. The number of aliphatic hydroxyl groups is 1. The number of aliphatic hydroxyl groups excluding tert-OH is 1. The molecule has 0 aliphatic carbocycles. The Morgan fingerprint density at radius 2 is 1.56 bits per heavy atom. The molecule has 9 heteroatoms. The Morgan fingerprint density at radius 3 is 2.26 bits per heavy atom. The number of para-hydroxylation sites is 1. The first-order chi connectivity index (χ1) is 18.6. The number of phenols is 1. The Hall–Kier alpha value is -3.81. The highest BCUT2D eigenvalue weighted by Gasteiger charge is 2.49. The van der Waals surface area contributed by atoms with Crippen LogP contribution in [0.2, 0.25) is 0 Å². The van der Waals surface area contributed by atoms with E-state index in [0.717, 1.165) is 0 Å². The van der Waals surface area contributed by atoms with Crippen LogP contribution < -0.4 is 10.2 Å². The number of carbonyl (C=O) groups excluding carboxylic acids is 1. The molecular formula is C30H27FNO6P. The third-order valence-corrected chi connectivity index (χ3v) is 8.08. The van der Waals surface area contributed by atoms with Gasteiger partial charge in [0, 0.05) is 16.8 Å². The lowest BCUT2D eigenvalue weighted by Crippen LogP contribution is -2.55. The summed E-state index contributed by atoms with van der Waals surface area (Å²) >= 11 is 0. The minimum absolute atomic E-state index is 0.0767. The van der Waals surface area contributed by atoms with Gasteiger partial charge in [-0.1, -0.05) is 60.7 Å². The molecule has 200 valence electrons. The molecule has 4 aromatic rings. The lowest BCUT2D eigenvalue weighted by molar-refractivity contribution is -0.131. The van der Waals surface area contributed by atoms with Gasteiger partial charge in [-0.25, -0.2) is 4.39 Å². The first-order valence-corrected chi connectivity index (χ1v) is 14.1. The number of rotatable bonds is 8. The number of halogens is 1. The average molecular weight is 548 g/mol. The Morgan fingerprint density at radius 1 is 0.872 bits per heavy atom. The number of amides is 1. The van der Waals surface area contributed by atoms with Gasteiger partial charge in [0.2, 0.25) is 5.91 Å². The molecule has 0 unspecified atom stereocenters. The SMILES string of the molecule is O=C1[C@H](CC[C@H](O)c2ccccc2F)[C@@H](c2ccc(-c3cccc(P(=O)(O)O)c3)cc2O)N1c1ccccc1. The maximum absolute atomic E-state index is 14.2. The van der Waals surface area contributed by atoms with Gasteiger partial charge < -0.3 is 24.9 Å². The summed E-state index contributed by atoms with van der Waals surface area (Å²) in [4.78, 5) is 34.0. The zero-order valence-corrected chi connectivity index (χ0v) is 21.7. The van der Waals surface area contributed by atoms with Crippen LogP contribution in [0.1, 0.15) is 36.1 Å². The Bertz CT molecular complexity index is 1560. The molecule has 4 aromatic carbocycles. The summed E-state index contributed by atoms with van der Waals surface area (Å²) in [6, 6.07) is 25.4. The van der Waals surface area contributed by atoms with Gasteiger partial charge in [0.05, 0.1) is 23.4 Å². The third-order valence-electron chi connectivity index (χ3n) is 7.13. The van der Waals surface area contributed by atoms with Gasteiger partial charge in [-0.2, -0.15) is 0 Å². The van der Waals surface area contributed by atoms with Crippen molar-refractivity contribution in [2.45, 2.75) is 25.0 Å². The van der Waals surface area contributed by atoms with Crippen LogP contribution in [0.5, 0.6) is 5.75 Å². The van der Waals surface area contributed by atoms with Crippen molar-refractivity contribution in [1.29, 1.82) is 0 Å². The largest absolute Gasteiger partial charge is 0.508 e. The van der Waals surface area contributed by atoms with Crippen molar-refractivity contribution >= 4 is 24.5 Å². The average Bonchev–Trinajstić information content (AvgIpc) is 2.92. The van der Waals surface area contributed by atoms with E-state index in [1.54, 1.807) is 47.4 Å². The maximum atomic E-state index is 14.2. The summed E-state index contributed by atoms with van der Waals surface area (Å²) in [5.74, 6) is -1.30. The van der Waals surface area contributed by atoms with Crippen LogP contribution in [0.4, 0.5) is 10.1 Å². The van der Waals surface area contributed by atoms with Crippen molar-refractivity contribution in [3.8, 4) is 16.9 Å². The van der Waals surface area contributed by atoms with Gasteiger partial charge in [0.25, 0.3) is 0 Å². The van der Waals surface area contributed by atoms with Crippen LogP contribution in [0.3, 0.4) is 0 Å². The molecule has 0 bridgehead atoms. The number of hydrogen-bond acceptors (Lipinski definition) is 4. The zero-order chi connectivity index (χ0) is 27.7. The molecule has 1 fully saturated rings. The quantitative estimate of drug-likeness (QED) is 0.178. The van der Waals surface area contributed by atoms with Gasteiger partial charge >= 0.3 is 7.60 Å². The van der Waals surface area contributed by atoms with Crippen molar-refractivity contribution in [2.24, 2.45) is 5.92 Å². The topological polar surface area (TPSA) is 118 Å². The van der Waals surface area contributed by atoms with Crippen LogP contribution in [-0.2, 0) is 9.36 Å². The third kappa shape index (κ3) is 5.37. The minimum Gasteiger partial charge on any atom is -0.508 e. The van der Waals surface area contributed by atoms with E-state index in [-0.39, 0.29) is 35.4 Å². The standard InChI is InChI=1S/C30H27FNO6P/c31-26-12-5-4-11-23(26)27(33)16-15-25-29(32(30(25)35)21-8-2-1-3-9-21)24-14-13-20(18-28(24)34)19-7-6-10-22(17-19)39(36,37)38/h1-14,17-18,25,27,29,33-34H,15-16H2,(H2,36,37,38)/t25-,27+,29-/m1/s1. The Labute approximate surface area is 225 Å². The van der Waals surface area contributed by atoms with E-state index in [4.69, 9.17) is 0 Å². The summed E-state index contributed by atoms with van der Waals surface area (Å²) in [6.45, 7) is 0. The van der Waals surface area contributed by atoms with E-state index < -0.39 is 31.5 Å². The molecule has 0 aromatic heterocycles. The maximum Gasteiger partial charge on any atom is 0.356 e. The summed E-state index contributed by atoms with van der Waals surface area (Å²) in [7, 11) is -4.45.